The fraction of sp³-hybridized carbons (Fsp3) is 0.333. The Balaban J connectivity index is 3.06. The van der Waals surface area contributed by atoms with E-state index in [0.29, 0.717) is 11.3 Å². The molecule has 0 aliphatic heterocycles. The topological polar surface area (TPSA) is 44.5 Å². The van der Waals surface area contributed by atoms with Gasteiger partial charge in [-0.05, 0) is 18.6 Å². The van der Waals surface area contributed by atoms with E-state index in [1.807, 2.05) is 0 Å². The van der Waals surface area contributed by atoms with E-state index in [1.54, 1.807) is 6.92 Å². The number of alkyl halides is 3. The van der Waals surface area contributed by atoms with Crippen LogP contribution in [0.3, 0.4) is 0 Å². The Hall–Kier alpha value is -1.59. The van der Waals surface area contributed by atoms with Crippen molar-refractivity contribution in [3.63, 3.8) is 0 Å². The van der Waals surface area contributed by atoms with Crippen molar-refractivity contribution in [2.24, 2.45) is 0 Å². The van der Waals surface area contributed by atoms with Gasteiger partial charge in [-0.25, -0.2) is 0 Å². The minimum atomic E-state index is -4.71. The molecule has 0 unspecified atom stereocenters. The molecule has 0 atom stereocenters. The minimum absolute atomic E-state index is 0.161. The van der Waals surface area contributed by atoms with Gasteiger partial charge in [0.1, 0.15) is 11.5 Å². The molecule has 3 nitrogen and oxygen atoms in total. The lowest BCUT2D eigenvalue weighted by Crippen LogP contribution is -2.17. The molecule has 0 spiro atoms. The minimum Gasteiger partial charge on any atom is -0.494 e. The average Bonchev–Trinajstić information content (AvgIpc) is 2.08. The molecular formula is C9H10F3NO2. The van der Waals surface area contributed by atoms with Crippen LogP contribution < -0.4 is 15.2 Å². The standard InChI is InChI=1S/C9H10F3NO2/c1-5-3-6(15-9(10,11)12)4-7(14-2)8(5)13/h3-4H,13H2,1-2H3. The van der Waals surface area contributed by atoms with Gasteiger partial charge >= 0.3 is 6.36 Å². The highest BCUT2D eigenvalue weighted by molar-refractivity contribution is 5.61. The first-order chi connectivity index (χ1) is 6.83. The van der Waals surface area contributed by atoms with E-state index in [1.165, 1.54) is 13.2 Å². The summed E-state index contributed by atoms with van der Waals surface area (Å²) in [6, 6.07) is 2.29. The summed E-state index contributed by atoms with van der Waals surface area (Å²) in [6.07, 6.45) is -4.71. The van der Waals surface area contributed by atoms with Crippen molar-refractivity contribution in [1.29, 1.82) is 0 Å². The fourth-order valence-electron chi connectivity index (χ4n) is 1.10. The number of hydrogen-bond donors (Lipinski definition) is 1. The van der Waals surface area contributed by atoms with Gasteiger partial charge in [0.15, 0.2) is 0 Å². The summed E-state index contributed by atoms with van der Waals surface area (Å²) in [5.41, 5.74) is 6.33. The lowest BCUT2D eigenvalue weighted by Gasteiger charge is -2.13. The van der Waals surface area contributed by atoms with Crippen molar-refractivity contribution >= 4 is 5.69 Å². The van der Waals surface area contributed by atoms with Gasteiger partial charge in [0.2, 0.25) is 0 Å². The molecule has 0 radical (unpaired) electrons. The first kappa shape index (κ1) is 11.5. The number of rotatable bonds is 2. The molecule has 15 heavy (non-hydrogen) atoms. The van der Waals surface area contributed by atoms with Crippen LogP contribution >= 0.6 is 0 Å². The van der Waals surface area contributed by atoms with Crippen LogP contribution in [-0.2, 0) is 0 Å². The van der Waals surface area contributed by atoms with Crippen molar-refractivity contribution in [2.45, 2.75) is 13.3 Å². The zero-order chi connectivity index (χ0) is 11.6. The summed E-state index contributed by atoms with van der Waals surface area (Å²) in [7, 11) is 1.32. The van der Waals surface area contributed by atoms with Gasteiger partial charge in [0.25, 0.3) is 0 Å². The smallest absolute Gasteiger partial charge is 0.494 e. The van der Waals surface area contributed by atoms with Crippen LogP contribution in [0.4, 0.5) is 18.9 Å². The summed E-state index contributed by atoms with van der Waals surface area (Å²) in [5.74, 6) is -0.180. The monoisotopic (exact) mass is 221 g/mol. The number of hydrogen-bond acceptors (Lipinski definition) is 3. The third-order valence-corrected chi connectivity index (χ3v) is 1.78. The molecule has 0 bridgehead atoms. The molecule has 0 saturated carbocycles. The van der Waals surface area contributed by atoms with Gasteiger partial charge in [0, 0.05) is 6.07 Å². The van der Waals surface area contributed by atoms with Crippen molar-refractivity contribution in [2.75, 3.05) is 12.8 Å². The van der Waals surface area contributed by atoms with Crippen LogP contribution in [0.15, 0.2) is 12.1 Å². The lowest BCUT2D eigenvalue weighted by molar-refractivity contribution is -0.274. The molecule has 0 amide bonds. The molecule has 0 aromatic heterocycles. The van der Waals surface area contributed by atoms with Gasteiger partial charge in [-0.3, -0.25) is 0 Å². The number of methoxy groups -OCH3 is 1. The number of nitrogens with two attached hydrogens (primary N) is 1. The number of aryl methyl sites for hydroxylation is 1. The van der Waals surface area contributed by atoms with Gasteiger partial charge in [-0.15, -0.1) is 13.2 Å². The SMILES string of the molecule is COc1cc(OC(F)(F)F)cc(C)c1N. The fourth-order valence-corrected chi connectivity index (χ4v) is 1.10. The molecule has 84 valence electrons. The van der Waals surface area contributed by atoms with Crippen molar-refractivity contribution in [3.05, 3.63) is 17.7 Å². The Labute approximate surface area is 84.6 Å². The molecule has 0 aliphatic carbocycles. The molecule has 0 aliphatic rings. The highest BCUT2D eigenvalue weighted by Gasteiger charge is 2.31. The van der Waals surface area contributed by atoms with Gasteiger partial charge in [0.05, 0.1) is 12.8 Å². The van der Waals surface area contributed by atoms with Crippen LogP contribution in [0, 0.1) is 6.92 Å². The number of benzene rings is 1. The molecular weight excluding hydrogens is 211 g/mol. The molecule has 0 heterocycles. The summed E-state index contributed by atoms with van der Waals surface area (Å²) in [4.78, 5) is 0. The first-order valence-electron chi connectivity index (χ1n) is 4.03. The number of halogens is 3. The Morgan fingerprint density at radius 1 is 1.27 bits per heavy atom. The average molecular weight is 221 g/mol. The second-order valence-electron chi connectivity index (χ2n) is 2.90. The Morgan fingerprint density at radius 2 is 1.87 bits per heavy atom. The quantitative estimate of drug-likeness (QED) is 0.780. The maximum Gasteiger partial charge on any atom is 0.573 e. The van der Waals surface area contributed by atoms with E-state index < -0.39 is 6.36 Å². The van der Waals surface area contributed by atoms with E-state index in [9.17, 15) is 13.2 Å². The first-order valence-corrected chi connectivity index (χ1v) is 4.03. The van der Waals surface area contributed by atoms with Crippen LogP contribution in [0.25, 0.3) is 0 Å². The summed E-state index contributed by atoms with van der Waals surface area (Å²) < 4.78 is 44.3. The zero-order valence-corrected chi connectivity index (χ0v) is 8.18. The predicted octanol–water partition coefficient (Wildman–Crippen LogP) is 2.48. The predicted molar refractivity (Wildman–Crippen MR) is 48.8 cm³/mol. The van der Waals surface area contributed by atoms with Crippen molar-refractivity contribution in [1.82, 2.24) is 0 Å². The maximum atomic E-state index is 11.9. The molecule has 6 heteroatoms. The van der Waals surface area contributed by atoms with E-state index in [-0.39, 0.29) is 11.5 Å². The maximum absolute atomic E-state index is 11.9. The highest BCUT2D eigenvalue weighted by Crippen LogP contribution is 2.33. The molecule has 0 fully saturated rings. The molecule has 1 aromatic carbocycles. The van der Waals surface area contributed by atoms with Crippen LogP contribution in [0.2, 0.25) is 0 Å². The second-order valence-corrected chi connectivity index (χ2v) is 2.90. The van der Waals surface area contributed by atoms with Gasteiger partial charge < -0.3 is 15.2 Å². The molecule has 1 rings (SSSR count). The molecule has 2 N–H and O–H groups in total. The van der Waals surface area contributed by atoms with E-state index in [2.05, 4.69) is 4.74 Å². The molecule has 0 saturated heterocycles. The molecule has 1 aromatic rings. The number of anilines is 1. The van der Waals surface area contributed by atoms with E-state index in [4.69, 9.17) is 10.5 Å². The highest BCUT2D eigenvalue weighted by atomic mass is 19.4. The van der Waals surface area contributed by atoms with Crippen LogP contribution in [0.5, 0.6) is 11.5 Å². The van der Waals surface area contributed by atoms with Crippen LogP contribution in [-0.4, -0.2) is 13.5 Å². The Kier molecular flexibility index (Phi) is 2.97. The number of ether oxygens (including phenoxy) is 2. The summed E-state index contributed by atoms with van der Waals surface area (Å²) in [5, 5.41) is 0. The van der Waals surface area contributed by atoms with E-state index in [0.717, 1.165) is 6.07 Å². The second kappa shape index (κ2) is 3.88. The summed E-state index contributed by atoms with van der Waals surface area (Å²) >= 11 is 0. The summed E-state index contributed by atoms with van der Waals surface area (Å²) in [6.45, 7) is 1.57. The Morgan fingerprint density at radius 3 is 2.33 bits per heavy atom. The lowest BCUT2D eigenvalue weighted by atomic mass is 10.2. The third kappa shape index (κ3) is 2.93. The van der Waals surface area contributed by atoms with Gasteiger partial charge in [-0.2, -0.15) is 0 Å². The normalized spacial score (nSPS) is 11.3. The zero-order valence-electron chi connectivity index (χ0n) is 8.18. The van der Waals surface area contributed by atoms with Crippen LogP contribution in [0.1, 0.15) is 5.56 Å². The van der Waals surface area contributed by atoms with Gasteiger partial charge in [-0.1, -0.05) is 0 Å². The van der Waals surface area contributed by atoms with E-state index >= 15 is 0 Å². The Bertz CT molecular complexity index is 363. The van der Waals surface area contributed by atoms with Crippen molar-refractivity contribution in [3.8, 4) is 11.5 Å². The number of nitrogen functional groups attached to an aromatic ring is 1. The van der Waals surface area contributed by atoms with Crippen molar-refractivity contribution < 1.29 is 22.6 Å². The third-order valence-electron chi connectivity index (χ3n) is 1.78. The largest absolute Gasteiger partial charge is 0.573 e.